The highest BCUT2D eigenvalue weighted by atomic mass is 15.1. The molecular formula is C49H28N6. The summed E-state index contributed by atoms with van der Waals surface area (Å²) in [4.78, 5) is 24.9. The van der Waals surface area contributed by atoms with E-state index in [0.717, 1.165) is 99.0 Å². The van der Waals surface area contributed by atoms with E-state index in [1.165, 1.54) is 16.3 Å². The Morgan fingerprint density at radius 1 is 0.364 bits per heavy atom. The summed E-state index contributed by atoms with van der Waals surface area (Å²) in [5, 5.41) is 11.1. The predicted octanol–water partition coefficient (Wildman–Crippen LogP) is 12.0. The van der Waals surface area contributed by atoms with Crippen LogP contribution in [-0.4, -0.2) is 29.5 Å². The molecule has 0 radical (unpaired) electrons. The van der Waals surface area contributed by atoms with E-state index in [1.807, 2.05) is 36.8 Å². The number of hydrogen-bond donors (Lipinski definition) is 0. The molecule has 254 valence electrons. The van der Waals surface area contributed by atoms with E-state index in [9.17, 15) is 0 Å². The molecule has 0 aliphatic carbocycles. The fourth-order valence-corrected chi connectivity index (χ4v) is 8.65. The lowest BCUT2D eigenvalue weighted by atomic mass is 9.87. The molecule has 12 rings (SSSR count). The molecule has 0 N–H and O–H groups in total. The minimum absolute atomic E-state index is 0.809. The third-order valence-electron chi connectivity index (χ3n) is 11.1. The normalized spacial score (nSPS) is 12.0. The molecule has 0 aliphatic heterocycles. The van der Waals surface area contributed by atoms with Crippen LogP contribution in [0, 0.1) is 0 Å². The summed E-state index contributed by atoms with van der Waals surface area (Å²) in [6.45, 7) is 0. The molecule has 0 atom stereocenters. The van der Waals surface area contributed by atoms with Crippen molar-refractivity contribution in [3.63, 3.8) is 0 Å². The van der Waals surface area contributed by atoms with E-state index in [0.29, 0.717) is 0 Å². The third-order valence-corrected chi connectivity index (χ3v) is 11.1. The first-order chi connectivity index (χ1) is 27.3. The van der Waals surface area contributed by atoms with Crippen molar-refractivity contribution in [1.82, 2.24) is 29.5 Å². The van der Waals surface area contributed by atoms with E-state index >= 15 is 0 Å². The Morgan fingerprint density at radius 2 is 0.891 bits per heavy atom. The number of fused-ring (bicyclic) bond motifs is 11. The van der Waals surface area contributed by atoms with E-state index in [-0.39, 0.29) is 0 Å². The highest BCUT2D eigenvalue weighted by Gasteiger charge is 2.21. The molecule has 12 aromatic rings. The summed E-state index contributed by atoms with van der Waals surface area (Å²) < 4.78 is 2.18. The van der Waals surface area contributed by atoms with Gasteiger partial charge in [0.25, 0.3) is 0 Å². The molecule has 0 saturated carbocycles. The van der Waals surface area contributed by atoms with Crippen molar-refractivity contribution in [1.29, 1.82) is 0 Å². The smallest absolute Gasteiger partial charge is 0.146 e. The Bertz CT molecular complexity index is 3510. The third kappa shape index (κ3) is 4.39. The zero-order chi connectivity index (χ0) is 36.0. The maximum atomic E-state index is 5.34. The lowest BCUT2D eigenvalue weighted by molar-refractivity contribution is 1.07. The van der Waals surface area contributed by atoms with Crippen LogP contribution in [-0.2, 0) is 0 Å². The van der Waals surface area contributed by atoms with Gasteiger partial charge < -0.3 is 0 Å². The van der Waals surface area contributed by atoms with Gasteiger partial charge in [-0.05, 0) is 87.3 Å². The van der Waals surface area contributed by atoms with E-state index in [2.05, 4.69) is 138 Å². The van der Waals surface area contributed by atoms with Gasteiger partial charge in [-0.2, -0.15) is 0 Å². The molecule has 6 nitrogen and oxygen atoms in total. The summed E-state index contributed by atoms with van der Waals surface area (Å²) >= 11 is 0. The van der Waals surface area contributed by atoms with E-state index < -0.39 is 0 Å². The maximum Gasteiger partial charge on any atom is 0.146 e. The van der Waals surface area contributed by atoms with E-state index in [4.69, 9.17) is 24.9 Å². The Balaban J connectivity index is 1.11. The van der Waals surface area contributed by atoms with Gasteiger partial charge in [0, 0.05) is 56.5 Å². The highest BCUT2D eigenvalue weighted by Crippen LogP contribution is 2.45. The number of hydrogen-bond acceptors (Lipinski definition) is 5. The number of pyridine rings is 5. The lowest BCUT2D eigenvalue weighted by Gasteiger charge is -2.18. The van der Waals surface area contributed by atoms with Crippen molar-refractivity contribution >= 4 is 87.1 Å². The number of nitrogens with zero attached hydrogens (tertiary/aromatic N) is 6. The molecule has 0 aliphatic rings. The molecule has 0 spiro atoms. The average molecular weight is 701 g/mol. The second kappa shape index (κ2) is 11.5. The Labute approximate surface area is 314 Å². The quantitative estimate of drug-likeness (QED) is 0.136. The van der Waals surface area contributed by atoms with Crippen LogP contribution in [0.4, 0.5) is 0 Å². The van der Waals surface area contributed by atoms with Crippen molar-refractivity contribution in [3.05, 3.63) is 170 Å². The van der Waals surface area contributed by atoms with Gasteiger partial charge in [0.1, 0.15) is 11.5 Å². The molecule has 0 unspecified atom stereocenters. The summed E-state index contributed by atoms with van der Waals surface area (Å²) in [5.74, 6) is 0.809. The first kappa shape index (κ1) is 29.9. The van der Waals surface area contributed by atoms with Crippen LogP contribution < -0.4 is 0 Å². The van der Waals surface area contributed by atoms with Crippen LogP contribution in [0.3, 0.4) is 0 Å². The van der Waals surface area contributed by atoms with Crippen molar-refractivity contribution in [2.75, 3.05) is 0 Å². The summed E-state index contributed by atoms with van der Waals surface area (Å²) in [7, 11) is 0. The fourth-order valence-electron chi connectivity index (χ4n) is 8.65. The van der Waals surface area contributed by atoms with Gasteiger partial charge in [-0.15, -0.1) is 0 Å². The van der Waals surface area contributed by atoms with Crippen LogP contribution in [0.2, 0.25) is 0 Å². The van der Waals surface area contributed by atoms with Crippen molar-refractivity contribution < 1.29 is 0 Å². The van der Waals surface area contributed by atoms with Gasteiger partial charge in [-0.3, -0.25) is 14.5 Å². The average Bonchev–Trinajstić information content (AvgIpc) is 3.58. The van der Waals surface area contributed by atoms with Crippen LogP contribution >= 0.6 is 0 Å². The largest absolute Gasteiger partial charge is 0.278 e. The van der Waals surface area contributed by atoms with Crippen LogP contribution in [0.1, 0.15) is 0 Å². The second-order valence-electron chi connectivity index (χ2n) is 14.1. The molecule has 0 amide bonds. The molecule has 6 heterocycles. The summed E-state index contributed by atoms with van der Waals surface area (Å²) in [5.41, 5.74) is 9.88. The zero-order valence-electron chi connectivity index (χ0n) is 29.3. The predicted molar refractivity (Wildman–Crippen MR) is 226 cm³/mol. The molecule has 6 aromatic heterocycles. The van der Waals surface area contributed by atoms with Gasteiger partial charge in [0.05, 0.1) is 33.3 Å². The highest BCUT2D eigenvalue weighted by molar-refractivity contribution is 6.22. The molecule has 0 bridgehead atoms. The number of rotatable bonds is 3. The van der Waals surface area contributed by atoms with Gasteiger partial charge >= 0.3 is 0 Å². The molecule has 6 aromatic carbocycles. The van der Waals surface area contributed by atoms with Crippen molar-refractivity contribution in [3.8, 4) is 28.2 Å². The van der Waals surface area contributed by atoms with Crippen molar-refractivity contribution in [2.24, 2.45) is 0 Å². The Kier molecular flexibility index (Phi) is 6.24. The summed E-state index contributed by atoms with van der Waals surface area (Å²) in [6.07, 6.45) is 5.53. The SMILES string of the molecule is c1cnc2c(c1)ccc1ccc(-c3c4ccccc4c(-c4ccc5c(c4)c4cccnc4n5-c4ccc5ccc6cccnc6c5n4)c4ccccc34)nc12. The van der Waals surface area contributed by atoms with E-state index in [1.54, 1.807) is 0 Å². The Morgan fingerprint density at radius 3 is 1.56 bits per heavy atom. The molecule has 6 heteroatoms. The molecule has 0 fully saturated rings. The minimum Gasteiger partial charge on any atom is -0.278 e. The molecule has 0 saturated heterocycles. The number of benzene rings is 6. The number of aromatic nitrogens is 6. The maximum absolute atomic E-state index is 5.34. The van der Waals surface area contributed by atoms with Gasteiger partial charge in [0.2, 0.25) is 0 Å². The van der Waals surface area contributed by atoms with Crippen LogP contribution in [0.15, 0.2) is 170 Å². The molecular weight excluding hydrogens is 673 g/mol. The zero-order valence-corrected chi connectivity index (χ0v) is 29.3. The lowest BCUT2D eigenvalue weighted by Crippen LogP contribution is -1.99. The standard InChI is InChI=1S/C49H28N6/c1-3-12-36-34(10-1)43(35-11-2-4-13-37(35)44(36)40-22-19-31-17-15-29-8-5-25-50-45(29)47(31)53-40)33-20-23-41-39(28-33)38-14-7-27-52-49(38)55(41)42-24-21-32-18-16-30-9-6-26-51-46(30)48(32)54-42/h1-28H. The first-order valence-electron chi connectivity index (χ1n) is 18.4. The van der Waals surface area contributed by atoms with Gasteiger partial charge in [0.15, 0.2) is 0 Å². The van der Waals surface area contributed by atoms with Crippen LogP contribution in [0.25, 0.3) is 115 Å². The Hall–Kier alpha value is -7.57. The van der Waals surface area contributed by atoms with Crippen molar-refractivity contribution in [2.45, 2.75) is 0 Å². The molecule has 55 heavy (non-hydrogen) atoms. The minimum atomic E-state index is 0.809. The topological polar surface area (TPSA) is 69.4 Å². The monoisotopic (exact) mass is 700 g/mol. The van der Waals surface area contributed by atoms with Gasteiger partial charge in [-0.1, -0.05) is 97.1 Å². The first-order valence-corrected chi connectivity index (χ1v) is 18.4. The van der Waals surface area contributed by atoms with Crippen LogP contribution in [0.5, 0.6) is 0 Å². The second-order valence-corrected chi connectivity index (χ2v) is 14.1. The fraction of sp³-hybridized carbons (Fsp3) is 0. The summed E-state index contributed by atoms with van der Waals surface area (Å²) in [6, 6.07) is 53.5. The van der Waals surface area contributed by atoms with Gasteiger partial charge in [-0.25, -0.2) is 15.0 Å².